The molecule has 4 aromatic carbocycles. The van der Waals surface area contributed by atoms with E-state index in [1.165, 1.54) is 30.2 Å². The fraction of sp³-hybridized carbons (Fsp3) is 0.209. The van der Waals surface area contributed by atoms with Crippen LogP contribution in [0.2, 0.25) is 0 Å². The number of fused-ring (bicyclic) bond motifs is 1. The number of thioether (sulfide) groups is 1. The number of esters is 1. The van der Waals surface area contributed by atoms with Gasteiger partial charge in [-0.05, 0) is 90.9 Å². The SMILES string of the molecule is COC(=O)c1c(NC(=O)C(Sc2cccc(NC(=O)/C(=C\c3ccc(OC)cc3)NC(=O)c3ccccc3)c2)c2ccccc2)sc2c1CCCCCC2. The lowest BCUT2D eigenvalue weighted by molar-refractivity contribution is -0.116. The number of nitrogens with one attached hydrogen (secondary N) is 3. The molecule has 3 amide bonds. The maximum atomic E-state index is 14.2. The number of benzene rings is 4. The maximum absolute atomic E-state index is 14.2. The molecule has 0 radical (unpaired) electrons. The van der Waals surface area contributed by atoms with Gasteiger partial charge in [-0.15, -0.1) is 23.1 Å². The van der Waals surface area contributed by atoms with Gasteiger partial charge in [-0.25, -0.2) is 4.79 Å². The van der Waals surface area contributed by atoms with Gasteiger partial charge in [0.15, 0.2) is 0 Å². The molecule has 6 rings (SSSR count). The Hall–Kier alpha value is -5.65. The standard InChI is InChI=1S/C43H41N3O6S2/c1-51-32-24-22-28(23-25-32)26-35(45-39(47)30-16-9-6-10-17-30)40(48)44-31-18-13-19-33(27-31)53-38(29-14-7-5-8-15-29)41(49)46-42-37(43(50)52-2)34-20-11-3-4-12-21-36(34)54-42/h5-10,13-19,22-27,38H,3-4,11-12,20-21H2,1-2H3,(H,44,48)(H,45,47)(H,46,49)/b35-26+. The predicted molar refractivity (Wildman–Crippen MR) is 215 cm³/mol. The molecule has 276 valence electrons. The Balaban J connectivity index is 1.25. The molecular weight excluding hydrogens is 719 g/mol. The van der Waals surface area contributed by atoms with E-state index in [1.807, 2.05) is 42.5 Å². The third-order valence-corrected chi connectivity index (χ3v) is 11.4. The van der Waals surface area contributed by atoms with Gasteiger partial charge < -0.3 is 25.4 Å². The molecule has 0 spiro atoms. The van der Waals surface area contributed by atoms with Gasteiger partial charge in [-0.2, -0.15) is 0 Å². The Morgan fingerprint density at radius 2 is 1.48 bits per heavy atom. The van der Waals surface area contributed by atoms with Crippen LogP contribution in [0.25, 0.3) is 6.08 Å². The van der Waals surface area contributed by atoms with Crippen molar-refractivity contribution < 1.29 is 28.7 Å². The van der Waals surface area contributed by atoms with E-state index in [1.54, 1.807) is 79.9 Å². The van der Waals surface area contributed by atoms with Crippen LogP contribution in [0.4, 0.5) is 10.7 Å². The van der Waals surface area contributed by atoms with Crippen molar-refractivity contribution in [3.05, 3.63) is 148 Å². The number of thiophene rings is 1. The number of hydrogen-bond donors (Lipinski definition) is 3. The van der Waals surface area contributed by atoms with Crippen LogP contribution in [0.3, 0.4) is 0 Å². The predicted octanol–water partition coefficient (Wildman–Crippen LogP) is 9.08. The molecule has 0 saturated carbocycles. The number of hydrogen-bond acceptors (Lipinski definition) is 8. The fourth-order valence-electron chi connectivity index (χ4n) is 6.19. The summed E-state index contributed by atoms with van der Waals surface area (Å²) < 4.78 is 10.5. The number of anilines is 2. The molecule has 1 aliphatic carbocycles. The quantitative estimate of drug-likeness (QED) is 0.0659. The van der Waals surface area contributed by atoms with Gasteiger partial charge in [0.25, 0.3) is 11.8 Å². The fourth-order valence-corrected chi connectivity index (χ4v) is 8.56. The molecule has 1 aliphatic rings. The first-order valence-electron chi connectivity index (χ1n) is 17.7. The summed E-state index contributed by atoms with van der Waals surface area (Å²) in [6, 6.07) is 32.4. The zero-order chi connectivity index (χ0) is 37.9. The largest absolute Gasteiger partial charge is 0.497 e. The molecule has 3 N–H and O–H groups in total. The van der Waals surface area contributed by atoms with Crippen molar-refractivity contribution in [2.75, 3.05) is 24.9 Å². The molecule has 1 atom stereocenters. The van der Waals surface area contributed by atoms with Gasteiger partial charge in [0.1, 0.15) is 21.7 Å². The van der Waals surface area contributed by atoms with Crippen LogP contribution in [-0.2, 0) is 27.2 Å². The Labute approximate surface area is 323 Å². The number of aryl methyl sites for hydroxylation is 1. The summed E-state index contributed by atoms with van der Waals surface area (Å²) in [7, 11) is 2.94. The molecular formula is C43H41N3O6S2. The number of carbonyl (C=O) groups is 4. The van der Waals surface area contributed by atoms with Crippen LogP contribution >= 0.6 is 23.1 Å². The van der Waals surface area contributed by atoms with Crippen molar-refractivity contribution in [3.63, 3.8) is 0 Å². The van der Waals surface area contributed by atoms with E-state index in [0.29, 0.717) is 33.1 Å². The monoisotopic (exact) mass is 759 g/mol. The summed E-state index contributed by atoms with van der Waals surface area (Å²) in [4.78, 5) is 56.1. The van der Waals surface area contributed by atoms with E-state index in [2.05, 4.69) is 16.0 Å². The van der Waals surface area contributed by atoms with Crippen LogP contribution in [-0.4, -0.2) is 37.9 Å². The lowest BCUT2D eigenvalue weighted by Gasteiger charge is -2.18. The van der Waals surface area contributed by atoms with Crippen LogP contribution < -0.4 is 20.7 Å². The zero-order valence-electron chi connectivity index (χ0n) is 30.1. The topological polar surface area (TPSA) is 123 Å². The van der Waals surface area contributed by atoms with Gasteiger partial charge in [0.05, 0.1) is 19.8 Å². The van der Waals surface area contributed by atoms with E-state index < -0.39 is 23.0 Å². The van der Waals surface area contributed by atoms with E-state index in [4.69, 9.17) is 9.47 Å². The molecule has 0 bridgehead atoms. The second kappa shape index (κ2) is 18.4. The van der Waals surface area contributed by atoms with Gasteiger partial charge in [0.2, 0.25) is 5.91 Å². The average molecular weight is 760 g/mol. The summed E-state index contributed by atoms with van der Waals surface area (Å²) in [5, 5.41) is 8.60. The molecule has 0 saturated heterocycles. The number of carbonyl (C=O) groups excluding carboxylic acids is 4. The molecule has 5 aromatic rings. The molecule has 9 nitrogen and oxygen atoms in total. The van der Waals surface area contributed by atoms with E-state index in [-0.39, 0.29) is 11.6 Å². The van der Waals surface area contributed by atoms with E-state index >= 15 is 0 Å². The van der Waals surface area contributed by atoms with Crippen LogP contribution in [0.15, 0.2) is 120 Å². The van der Waals surface area contributed by atoms with Crippen LogP contribution in [0.1, 0.15) is 73.2 Å². The second-order valence-corrected chi connectivity index (χ2v) is 14.9. The molecule has 54 heavy (non-hydrogen) atoms. The molecule has 0 fully saturated rings. The zero-order valence-corrected chi connectivity index (χ0v) is 31.7. The summed E-state index contributed by atoms with van der Waals surface area (Å²) >= 11 is 2.78. The normalized spacial score (nSPS) is 13.3. The smallest absolute Gasteiger partial charge is 0.341 e. The Bertz CT molecular complexity index is 2130. The highest BCUT2D eigenvalue weighted by atomic mass is 32.2. The van der Waals surface area contributed by atoms with Crippen molar-refractivity contribution >= 4 is 63.6 Å². The van der Waals surface area contributed by atoms with Gasteiger partial charge >= 0.3 is 5.97 Å². The molecule has 0 aliphatic heterocycles. The van der Waals surface area contributed by atoms with Crippen molar-refractivity contribution in [2.24, 2.45) is 0 Å². The highest BCUT2D eigenvalue weighted by Gasteiger charge is 2.29. The molecule has 1 heterocycles. The second-order valence-electron chi connectivity index (χ2n) is 12.6. The van der Waals surface area contributed by atoms with Crippen molar-refractivity contribution in [2.45, 2.75) is 48.7 Å². The van der Waals surface area contributed by atoms with Crippen LogP contribution in [0.5, 0.6) is 5.75 Å². The summed E-state index contributed by atoms with van der Waals surface area (Å²) in [5.41, 5.74) is 3.81. The minimum Gasteiger partial charge on any atom is -0.497 e. The van der Waals surface area contributed by atoms with Gasteiger partial charge in [-0.3, -0.25) is 14.4 Å². The number of amides is 3. The number of methoxy groups -OCH3 is 2. The highest BCUT2D eigenvalue weighted by molar-refractivity contribution is 8.00. The highest BCUT2D eigenvalue weighted by Crippen LogP contribution is 2.41. The first-order chi connectivity index (χ1) is 26.3. The lowest BCUT2D eigenvalue weighted by Crippen LogP contribution is -2.30. The Kier molecular flexibility index (Phi) is 13.0. The molecule has 11 heteroatoms. The third-order valence-electron chi connectivity index (χ3n) is 8.94. The minimum atomic E-state index is -0.692. The van der Waals surface area contributed by atoms with E-state index in [9.17, 15) is 19.2 Å². The first-order valence-corrected chi connectivity index (χ1v) is 19.4. The third kappa shape index (κ3) is 9.66. The van der Waals surface area contributed by atoms with Gasteiger partial charge in [-0.1, -0.05) is 79.6 Å². The van der Waals surface area contributed by atoms with Crippen LogP contribution in [0, 0.1) is 0 Å². The van der Waals surface area contributed by atoms with Crippen molar-refractivity contribution in [1.29, 1.82) is 0 Å². The molecule has 1 aromatic heterocycles. The van der Waals surface area contributed by atoms with Crippen molar-refractivity contribution in [1.82, 2.24) is 5.32 Å². The number of ether oxygens (including phenoxy) is 2. The summed E-state index contributed by atoms with van der Waals surface area (Å²) in [6.07, 6.45) is 7.49. The molecule has 1 unspecified atom stereocenters. The maximum Gasteiger partial charge on any atom is 0.341 e. The Morgan fingerprint density at radius 1 is 0.778 bits per heavy atom. The first kappa shape index (κ1) is 38.1. The minimum absolute atomic E-state index is 0.0417. The summed E-state index contributed by atoms with van der Waals surface area (Å²) in [5.74, 6) is -1.03. The summed E-state index contributed by atoms with van der Waals surface area (Å²) in [6.45, 7) is 0. The lowest BCUT2D eigenvalue weighted by atomic mass is 9.96. The Morgan fingerprint density at radius 3 is 2.19 bits per heavy atom. The van der Waals surface area contributed by atoms with Crippen molar-refractivity contribution in [3.8, 4) is 5.75 Å². The average Bonchev–Trinajstić information content (AvgIpc) is 3.52. The van der Waals surface area contributed by atoms with E-state index in [0.717, 1.165) is 59.4 Å². The number of rotatable bonds is 12. The van der Waals surface area contributed by atoms with Gasteiger partial charge in [0, 0.05) is 21.0 Å².